The van der Waals surface area contributed by atoms with Gasteiger partial charge in [0.05, 0.1) is 23.5 Å². The molecule has 3 saturated heterocycles. The fraction of sp³-hybridized carbons (Fsp3) is 0.462. The van der Waals surface area contributed by atoms with Crippen molar-refractivity contribution in [3.63, 3.8) is 0 Å². The number of hydrazine groups is 1. The molecule has 38 heavy (non-hydrogen) atoms. The number of halogens is 1. The Hall–Kier alpha value is -3.06. The first-order valence-electron chi connectivity index (χ1n) is 12.8. The van der Waals surface area contributed by atoms with E-state index in [0.717, 1.165) is 24.9 Å². The summed E-state index contributed by atoms with van der Waals surface area (Å²) in [6.07, 6.45) is 2.25. The first-order valence-corrected chi connectivity index (χ1v) is 14.2. The molecule has 3 aliphatic heterocycles. The van der Waals surface area contributed by atoms with Gasteiger partial charge in [0.2, 0.25) is 15.9 Å². The van der Waals surface area contributed by atoms with Crippen molar-refractivity contribution in [1.29, 1.82) is 0 Å². The predicted molar refractivity (Wildman–Crippen MR) is 137 cm³/mol. The summed E-state index contributed by atoms with van der Waals surface area (Å²) in [5.41, 5.74) is 6.54. The number of amides is 2. The highest BCUT2D eigenvalue weighted by Crippen LogP contribution is 2.25. The van der Waals surface area contributed by atoms with E-state index in [4.69, 9.17) is 4.74 Å². The van der Waals surface area contributed by atoms with E-state index in [1.807, 2.05) is 0 Å². The van der Waals surface area contributed by atoms with Crippen molar-refractivity contribution in [2.75, 3.05) is 39.8 Å². The molecule has 10 nitrogen and oxygen atoms in total. The average molecular weight is 546 g/mol. The van der Waals surface area contributed by atoms with Crippen LogP contribution in [-0.4, -0.2) is 81.4 Å². The lowest BCUT2D eigenvalue weighted by Gasteiger charge is -2.41. The predicted octanol–water partition coefficient (Wildman–Crippen LogP) is 0.895. The van der Waals surface area contributed by atoms with E-state index in [2.05, 4.69) is 16.2 Å². The smallest absolute Gasteiger partial charge is 0.256 e. The maximum atomic E-state index is 14.8. The molecule has 0 spiro atoms. The first-order chi connectivity index (χ1) is 18.3. The highest BCUT2D eigenvalue weighted by Gasteiger charge is 2.40. The summed E-state index contributed by atoms with van der Waals surface area (Å²) in [5.74, 6) is -0.680. The van der Waals surface area contributed by atoms with Crippen molar-refractivity contribution in [2.45, 2.75) is 36.2 Å². The van der Waals surface area contributed by atoms with Crippen LogP contribution in [0.4, 0.5) is 4.39 Å². The lowest BCUT2D eigenvalue weighted by molar-refractivity contribution is -0.131. The second-order valence-corrected chi connectivity index (χ2v) is 11.8. The van der Waals surface area contributed by atoms with Gasteiger partial charge in [-0.15, -0.1) is 0 Å². The summed E-state index contributed by atoms with van der Waals surface area (Å²) < 4.78 is 47.3. The number of hydrogen-bond donors (Lipinski definition) is 3. The van der Waals surface area contributed by atoms with Crippen LogP contribution in [0, 0.1) is 11.7 Å². The Balaban J connectivity index is 1.24. The number of piperidine rings is 1. The number of carbonyl (C=O) groups is 2. The molecule has 0 bridgehead atoms. The topological polar surface area (TPSA) is 120 Å². The molecule has 0 radical (unpaired) electrons. The Kier molecular flexibility index (Phi) is 7.66. The van der Waals surface area contributed by atoms with Gasteiger partial charge in [-0.2, -0.15) is 4.31 Å². The molecular formula is C26H32FN5O5S. The number of nitrogens with zero attached hydrogens (tertiary/aromatic N) is 2. The number of sulfonamides is 1. The van der Waals surface area contributed by atoms with Gasteiger partial charge in [-0.25, -0.2) is 18.2 Å². The van der Waals surface area contributed by atoms with Gasteiger partial charge >= 0.3 is 0 Å². The number of carbonyl (C=O) groups excluding carboxylic acids is 2. The van der Waals surface area contributed by atoms with E-state index in [1.165, 1.54) is 34.5 Å². The van der Waals surface area contributed by atoms with Crippen LogP contribution in [0.1, 0.15) is 28.8 Å². The molecule has 0 saturated carbocycles. The molecule has 3 fully saturated rings. The highest BCUT2D eigenvalue weighted by atomic mass is 32.2. The highest BCUT2D eigenvalue weighted by molar-refractivity contribution is 7.89. The fourth-order valence-corrected chi connectivity index (χ4v) is 6.89. The van der Waals surface area contributed by atoms with Crippen molar-refractivity contribution < 1.29 is 27.1 Å². The first kappa shape index (κ1) is 26.5. The minimum Gasteiger partial charge on any atom is -0.497 e. The van der Waals surface area contributed by atoms with Gasteiger partial charge in [0.25, 0.3) is 5.91 Å². The average Bonchev–Trinajstić information content (AvgIpc) is 2.95. The summed E-state index contributed by atoms with van der Waals surface area (Å²) in [6, 6.07) is 10.5. The minimum absolute atomic E-state index is 0.0263. The molecule has 2 amide bonds. The fourth-order valence-electron chi connectivity index (χ4n) is 5.47. The molecule has 12 heteroatoms. The molecule has 3 N–H and O–H groups in total. The Morgan fingerprint density at radius 2 is 1.84 bits per heavy atom. The molecule has 2 aromatic carbocycles. The van der Waals surface area contributed by atoms with E-state index in [1.54, 1.807) is 24.3 Å². The number of nitrogens with one attached hydrogen (secondary N) is 3. The van der Waals surface area contributed by atoms with Crippen LogP contribution in [-0.2, 0) is 21.2 Å². The van der Waals surface area contributed by atoms with Gasteiger partial charge < -0.3 is 15.0 Å². The second-order valence-electron chi connectivity index (χ2n) is 9.86. The van der Waals surface area contributed by atoms with E-state index in [0.29, 0.717) is 12.2 Å². The molecule has 3 atom stereocenters. The Morgan fingerprint density at radius 1 is 1.11 bits per heavy atom. The monoisotopic (exact) mass is 545 g/mol. The van der Waals surface area contributed by atoms with E-state index >= 15 is 0 Å². The largest absolute Gasteiger partial charge is 0.497 e. The zero-order chi connectivity index (χ0) is 26.9. The number of piperazine rings is 1. The summed E-state index contributed by atoms with van der Waals surface area (Å²) in [7, 11) is -2.22. The van der Waals surface area contributed by atoms with Crippen LogP contribution in [0.2, 0.25) is 0 Å². The summed E-state index contributed by atoms with van der Waals surface area (Å²) in [5, 5.41) is 3.42. The van der Waals surface area contributed by atoms with Gasteiger partial charge in [-0.05, 0) is 67.8 Å². The lowest BCUT2D eigenvalue weighted by atomic mass is 9.82. The molecule has 0 aliphatic carbocycles. The van der Waals surface area contributed by atoms with Crippen molar-refractivity contribution in [3.05, 3.63) is 59.4 Å². The number of fused-ring (bicyclic) bond motifs is 1. The molecule has 3 aliphatic rings. The zero-order valence-corrected chi connectivity index (χ0v) is 22.0. The van der Waals surface area contributed by atoms with Crippen LogP contribution < -0.4 is 20.9 Å². The quantitative estimate of drug-likeness (QED) is 0.493. The van der Waals surface area contributed by atoms with Crippen LogP contribution in [0.15, 0.2) is 47.4 Å². The molecule has 2 aromatic rings. The van der Waals surface area contributed by atoms with Gasteiger partial charge in [0, 0.05) is 38.3 Å². The Labute approximate surface area is 221 Å². The van der Waals surface area contributed by atoms with Gasteiger partial charge in [-0.1, -0.05) is 6.07 Å². The van der Waals surface area contributed by atoms with Gasteiger partial charge in [0.1, 0.15) is 11.6 Å². The summed E-state index contributed by atoms with van der Waals surface area (Å²) >= 11 is 0. The number of hydrogen-bond acceptors (Lipinski definition) is 7. The van der Waals surface area contributed by atoms with Crippen molar-refractivity contribution >= 4 is 21.8 Å². The number of benzene rings is 2. The minimum atomic E-state index is -3.72. The summed E-state index contributed by atoms with van der Waals surface area (Å²) in [6.45, 7) is 1.37. The third-order valence-electron chi connectivity index (χ3n) is 7.60. The normalized spacial score (nSPS) is 24.4. The van der Waals surface area contributed by atoms with E-state index < -0.39 is 21.7 Å². The van der Waals surface area contributed by atoms with Crippen molar-refractivity contribution in [2.24, 2.45) is 5.92 Å². The maximum Gasteiger partial charge on any atom is 0.256 e. The molecule has 3 heterocycles. The molecule has 5 rings (SSSR count). The van der Waals surface area contributed by atoms with Gasteiger partial charge in [-0.3, -0.25) is 15.0 Å². The van der Waals surface area contributed by atoms with E-state index in [-0.39, 0.29) is 60.5 Å². The third-order valence-corrected chi connectivity index (χ3v) is 9.51. The second kappa shape index (κ2) is 11.0. The third kappa shape index (κ3) is 5.26. The number of methoxy groups -OCH3 is 1. The van der Waals surface area contributed by atoms with Gasteiger partial charge in [0.15, 0.2) is 0 Å². The number of ether oxygens (including phenoxy) is 1. The van der Waals surface area contributed by atoms with Crippen molar-refractivity contribution in [3.8, 4) is 5.75 Å². The molecule has 3 unspecified atom stereocenters. The van der Waals surface area contributed by atoms with Crippen LogP contribution >= 0.6 is 0 Å². The van der Waals surface area contributed by atoms with E-state index in [9.17, 15) is 22.4 Å². The van der Waals surface area contributed by atoms with Crippen LogP contribution in [0.5, 0.6) is 5.75 Å². The lowest BCUT2D eigenvalue weighted by Crippen LogP contribution is -2.67. The number of rotatable bonds is 6. The molecule has 0 aromatic heterocycles. The Bertz CT molecular complexity index is 1300. The SMILES string of the molecule is COc1ccc(S(=O)(=O)N2CCN(C(=O)c3cc(CC4NNC(=O)C5CCCNC45)ccc3F)CC2)cc1. The molecule has 204 valence electrons. The maximum absolute atomic E-state index is 14.8. The Morgan fingerprint density at radius 3 is 2.55 bits per heavy atom. The standard InChI is InChI=1S/C26H32FN5O5S/c1-37-18-5-7-19(8-6-18)38(35,36)32-13-11-31(12-14-32)26(34)21-15-17(4-9-22(21)27)16-23-24-20(3-2-10-28-24)25(33)30-29-23/h4-9,15,20,23-24,28-29H,2-3,10-14,16H2,1H3,(H,30,33). The van der Waals surface area contributed by atoms with Crippen molar-refractivity contribution in [1.82, 2.24) is 25.4 Å². The van der Waals surface area contributed by atoms with Crippen LogP contribution in [0.3, 0.4) is 0 Å². The molecular weight excluding hydrogens is 513 g/mol. The van der Waals surface area contributed by atoms with Crippen LogP contribution in [0.25, 0.3) is 0 Å². The summed E-state index contributed by atoms with van der Waals surface area (Å²) in [4.78, 5) is 27.1. The zero-order valence-electron chi connectivity index (χ0n) is 21.2.